The zero-order valence-electron chi connectivity index (χ0n) is 15.8. The Morgan fingerprint density at radius 3 is 2.93 bits per heavy atom. The van der Waals surface area contributed by atoms with Crippen LogP contribution in [0.15, 0.2) is 24.4 Å². The quantitative estimate of drug-likeness (QED) is 0.572. The first-order valence-electron chi connectivity index (χ1n) is 9.40. The molecule has 2 aromatic heterocycles. The Kier molecular flexibility index (Phi) is 6.70. The number of rotatable bonds is 7. The molecule has 1 unspecified atom stereocenters. The van der Waals surface area contributed by atoms with Crippen LogP contribution in [0.3, 0.4) is 0 Å². The monoisotopic (exact) mass is 380 g/mol. The SMILES string of the molecule is CNC(=O)c1nnc(Nc2ccc(C#N)nc2)cc1NCCC1CCCCN1. The van der Waals surface area contributed by atoms with Crippen LogP contribution >= 0.6 is 0 Å². The van der Waals surface area contributed by atoms with E-state index in [1.165, 1.54) is 19.3 Å². The summed E-state index contributed by atoms with van der Waals surface area (Å²) in [6.45, 7) is 1.79. The number of nitrogens with zero attached hydrogens (tertiary/aromatic N) is 4. The molecule has 3 rings (SSSR count). The molecule has 1 aliphatic heterocycles. The normalized spacial score (nSPS) is 16.1. The highest BCUT2D eigenvalue weighted by molar-refractivity contribution is 5.97. The number of nitriles is 1. The van der Waals surface area contributed by atoms with Gasteiger partial charge in [-0.25, -0.2) is 4.98 Å². The summed E-state index contributed by atoms with van der Waals surface area (Å²) >= 11 is 0. The van der Waals surface area contributed by atoms with E-state index in [0.717, 1.165) is 19.5 Å². The summed E-state index contributed by atoms with van der Waals surface area (Å²) in [6.07, 6.45) is 6.19. The maximum Gasteiger partial charge on any atom is 0.273 e. The summed E-state index contributed by atoms with van der Waals surface area (Å²) in [6, 6.07) is 7.59. The van der Waals surface area contributed by atoms with Gasteiger partial charge in [-0.1, -0.05) is 6.42 Å². The molecule has 4 N–H and O–H groups in total. The molecule has 9 nitrogen and oxygen atoms in total. The summed E-state index contributed by atoms with van der Waals surface area (Å²) in [5, 5.41) is 29.5. The van der Waals surface area contributed by atoms with Crippen molar-refractivity contribution in [3.63, 3.8) is 0 Å². The topological polar surface area (TPSA) is 128 Å². The Bertz CT molecular complexity index is 840. The predicted octanol–water partition coefficient (Wildman–Crippen LogP) is 1.79. The smallest absolute Gasteiger partial charge is 0.273 e. The Morgan fingerprint density at radius 2 is 2.25 bits per heavy atom. The van der Waals surface area contributed by atoms with E-state index in [9.17, 15) is 4.79 Å². The molecular weight excluding hydrogens is 356 g/mol. The molecule has 0 saturated carbocycles. The van der Waals surface area contributed by atoms with Crippen molar-refractivity contribution in [2.75, 3.05) is 30.8 Å². The van der Waals surface area contributed by atoms with Crippen molar-refractivity contribution in [2.45, 2.75) is 31.7 Å². The van der Waals surface area contributed by atoms with Crippen molar-refractivity contribution in [1.29, 1.82) is 5.26 Å². The van der Waals surface area contributed by atoms with Crippen LogP contribution in [0.4, 0.5) is 17.2 Å². The summed E-state index contributed by atoms with van der Waals surface area (Å²) < 4.78 is 0. The molecule has 1 aliphatic rings. The molecule has 3 heterocycles. The molecule has 146 valence electrons. The fraction of sp³-hybridized carbons (Fsp3) is 0.421. The highest BCUT2D eigenvalue weighted by atomic mass is 16.1. The van der Waals surface area contributed by atoms with Crippen molar-refractivity contribution < 1.29 is 4.79 Å². The number of anilines is 3. The third-order valence-corrected chi connectivity index (χ3v) is 4.61. The van der Waals surface area contributed by atoms with Gasteiger partial charge in [0.05, 0.1) is 17.6 Å². The van der Waals surface area contributed by atoms with Gasteiger partial charge < -0.3 is 21.3 Å². The number of carbonyl (C=O) groups is 1. The lowest BCUT2D eigenvalue weighted by molar-refractivity contribution is 0.0958. The standard InChI is InChI=1S/C19H24N8O/c1-21-19(28)18-16(23-9-7-13-4-2-3-8-22-13)10-17(26-27-18)25-15-6-5-14(11-20)24-12-15/h5-6,10,12-13,22H,2-4,7-9H2,1H3,(H,21,28)(H2,23,25,26). The molecular formula is C19H24N8O. The highest BCUT2D eigenvalue weighted by Gasteiger charge is 2.16. The lowest BCUT2D eigenvalue weighted by Gasteiger charge is -2.23. The number of aromatic nitrogens is 3. The van der Waals surface area contributed by atoms with Gasteiger partial charge in [0.15, 0.2) is 11.5 Å². The molecule has 0 spiro atoms. The van der Waals surface area contributed by atoms with Crippen molar-refractivity contribution in [3.8, 4) is 6.07 Å². The van der Waals surface area contributed by atoms with Gasteiger partial charge in [-0.05, 0) is 37.9 Å². The van der Waals surface area contributed by atoms with E-state index in [0.29, 0.717) is 28.9 Å². The lowest BCUT2D eigenvalue weighted by atomic mass is 10.0. The Morgan fingerprint density at radius 1 is 1.36 bits per heavy atom. The van der Waals surface area contributed by atoms with E-state index in [1.54, 1.807) is 31.4 Å². The van der Waals surface area contributed by atoms with Crippen LogP contribution < -0.4 is 21.3 Å². The number of carbonyl (C=O) groups excluding carboxylic acids is 1. The van der Waals surface area contributed by atoms with Crippen LogP contribution in [-0.4, -0.2) is 47.3 Å². The van der Waals surface area contributed by atoms with Crippen molar-refractivity contribution >= 4 is 23.1 Å². The number of hydrogen-bond acceptors (Lipinski definition) is 8. The largest absolute Gasteiger partial charge is 0.383 e. The minimum Gasteiger partial charge on any atom is -0.383 e. The van der Waals surface area contributed by atoms with Crippen LogP contribution in [0, 0.1) is 11.3 Å². The third-order valence-electron chi connectivity index (χ3n) is 4.61. The average molecular weight is 380 g/mol. The second-order valence-electron chi connectivity index (χ2n) is 6.60. The highest BCUT2D eigenvalue weighted by Crippen LogP contribution is 2.20. The fourth-order valence-corrected chi connectivity index (χ4v) is 3.11. The Hall–Kier alpha value is -3.25. The summed E-state index contributed by atoms with van der Waals surface area (Å²) in [5.41, 5.74) is 1.89. The van der Waals surface area contributed by atoms with Crippen LogP contribution in [0.1, 0.15) is 41.9 Å². The van der Waals surface area contributed by atoms with Gasteiger partial charge >= 0.3 is 0 Å². The molecule has 1 atom stereocenters. The third kappa shape index (κ3) is 5.14. The molecule has 0 radical (unpaired) electrons. The van der Waals surface area contributed by atoms with Gasteiger partial charge in [-0.2, -0.15) is 5.26 Å². The second-order valence-corrected chi connectivity index (χ2v) is 6.60. The van der Waals surface area contributed by atoms with Gasteiger partial charge in [0.25, 0.3) is 5.91 Å². The van der Waals surface area contributed by atoms with Gasteiger partial charge in [-0.3, -0.25) is 4.79 Å². The van der Waals surface area contributed by atoms with Crippen LogP contribution in [0.5, 0.6) is 0 Å². The van der Waals surface area contributed by atoms with E-state index in [4.69, 9.17) is 5.26 Å². The maximum absolute atomic E-state index is 12.1. The van der Waals surface area contributed by atoms with Crippen molar-refractivity contribution in [2.24, 2.45) is 0 Å². The van der Waals surface area contributed by atoms with Crippen LogP contribution in [0.25, 0.3) is 0 Å². The summed E-state index contributed by atoms with van der Waals surface area (Å²) in [7, 11) is 1.56. The number of amides is 1. The summed E-state index contributed by atoms with van der Waals surface area (Å²) in [5.74, 6) is 0.190. The van der Waals surface area contributed by atoms with Gasteiger partial charge in [-0.15, -0.1) is 10.2 Å². The molecule has 2 aromatic rings. The maximum atomic E-state index is 12.1. The molecule has 1 amide bonds. The summed E-state index contributed by atoms with van der Waals surface area (Å²) in [4.78, 5) is 16.1. The minimum atomic E-state index is -0.294. The molecule has 1 fully saturated rings. The number of pyridine rings is 1. The average Bonchev–Trinajstić information content (AvgIpc) is 2.75. The molecule has 0 bridgehead atoms. The van der Waals surface area contributed by atoms with Gasteiger partial charge in [0, 0.05) is 25.7 Å². The first kappa shape index (κ1) is 19.5. The van der Waals surface area contributed by atoms with Crippen molar-refractivity contribution in [1.82, 2.24) is 25.8 Å². The zero-order valence-corrected chi connectivity index (χ0v) is 15.8. The van der Waals surface area contributed by atoms with Crippen molar-refractivity contribution in [3.05, 3.63) is 35.8 Å². The minimum absolute atomic E-state index is 0.252. The number of nitrogens with one attached hydrogen (secondary N) is 4. The van der Waals surface area contributed by atoms with E-state index in [1.807, 2.05) is 6.07 Å². The van der Waals surface area contributed by atoms with Gasteiger partial charge in [0.1, 0.15) is 11.8 Å². The Labute approximate surface area is 164 Å². The van der Waals surface area contributed by atoms with Crippen LogP contribution in [-0.2, 0) is 0 Å². The van der Waals surface area contributed by atoms with E-state index in [-0.39, 0.29) is 11.6 Å². The Balaban J connectivity index is 1.70. The van der Waals surface area contributed by atoms with Gasteiger partial charge in [0.2, 0.25) is 0 Å². The van der Waals surface area contributed by atoms with Crippen LogP contribution in [0.2, 0.25) is 0 Å². The number of hydrogen-bond donors (Lipinski definition) is 4. The molecule has 0 aromatic carbocycles. The predicted molar refractivity (Wildman–Crippen MR) is 106 cm³/mol. The number of piperidine rings is 1. The lowest BCUT2D eigenvalue weighted by Crippen LogP contribution is -2.35. The van der Waals surface area contributed by atoms with E-state index in [2.05, 4.69) is 36.4 Å². The zero-order chi connectivity index (χ0) is 19.8. The second kappa shape index (κ2) is 9.62. The van der Waals surface area contributed by atoms with E-state index >= 15 is 0 Å². The molecule has 0 aliphatic carbocycles. The molecule has 1 saturated heterocycles. The molecule has 28 heavy (non-hydrogen) atoms. The first-order valence-corrected chi connectivity index (χ1v) is 9.40. The van der Waals surface area contributed by atoms with E-state index < -0.39 is 0 Å². The molecule has 9 heteroatoms. The first-order chi connectivity index (χ1) is 13.7. The fourth-order valence-electron chi connectivity index (χ4n) is 3.11.